The number of hydrogen-bond acceptors (Lipinski definition) is 3. The molecule has 3 N–H and O–H groups in total. The number of nitrogens with one attached hydrogen (secondary N) is 1. The van der Waals surface area contributed by atoms with E-state index in [-0.39, 0.29) is 6.04 Å². The van der Waals surface area contributed by atoms with Gasteiger partial charge in [0, 0.05) is 19.0 Å². The molecule has 56 valence electrons. The van der Waals surface area contributed by atoms with Crippen molar-refractivity contribution in [3.8, 4) is 12.3 Å². The normalized spacial score (nSPS) is 39.5. The van der Waals surface area contributed by atoms with E-state index in [0.717, 1.165) is 0 Å². The van der Waals surface area contributed by atoms with Crippen LogP contribution in [0.2, 0.25) is 0 Å². The molecular weight excluding hydrogens is 130 g/mol. The van der Waals surface area contributed by atoms with Crippen molar-refractivity contribution in [2.75, 3.05) is 6.54 Å². The highest BCUT2D eigenvalue weighted by molar-refractivity contribution is 4.98. The van der Waals surface area contributed by atoms with Crippen LogP contribution in [0.15, 0.2) is 0 Å². The van der Waals surface area contributed by atoms with Crippen molar-refractivity contribution < 1.29 is 10.2 Å². The van der Waals surface area contributed by atoms with Crippen molar-refractivity contribution in [3.63, 3.8) is 0 Å². The predicted octanol–water partition coefficient (Wildman–Crippen LogP) is -1.30. The average Bonchev–Trinajstić information content (AvgIpc) is 2.20. The highest BCUT2D eigenvalue weighted by Crippen LogP contribution is 2.09. The van der Waals surface area contributed by atoms with Crippen LogP contribution in [0, 0.1) is 12.3 Å². The molecule has 1 rings (SSSR count). The smallest absolute Gasteiger partial charge is 0.0973 e. The zero-order valence-corrected chi connectivity index (χ0v) is 5.62. The molecule has 3 nitrogen and oxygen atoms in total. The minimum Gasteiger partial charge on any atom is -0.389 e. The maximum Gasteiger partial charge on any atom is 0.0973 e. The highest BCUT2D eigenvalue weighted by atomic mass is 16.3. The first kappa shape index (κ1) is 7.55. The van der Waals surface area contributed by atoms with E-state index >= 15 is 0 Å². The largest absolute Gasteiger partial charge is 0.389 e. The van der Waals surface area contributed by atoms with Crippen LogP contribution in [0.4, 0.5) is 0 Å². The van der Waals surface area contributed by atoms with E-state index in [0.29, 0.717) is 13.0 Å². The Kier molecular flexibility index (Phi) is 2.28. The minimum atomic E-state index is -0.698. The van der Waals surface area contributed by atoms with E-state index in [4.69, 9.17) is 11.5 Å². The third-order valence-electron chi connectivity index (χ3n) is 1.73. The van der Waals surface area contributed by atoms with Gasteiger partial charge in [0.05, 0.1) is 12.2 Å². The lowest BCUT2D eigenvalue weighted by molar-refractivity contribution is 0.0415. The average molecular weight is 141 g/mol. The van der Waals surface area contributed by atoms with E-state index in [1.165, 1.54) is 0 Å². The molecule has 0 saturated carbocycles. The summed E-state index contributed by atoms with van der Waals surface area (Å²) in [6.07, 6.45) is 4.15. The molecular formula is C7H11NO2. The maximum absolute atomic E-state index is 9.18. The van der Waals surface area contributed by atoms with Crippen LogP contribution >= 0.6 is 0 Å². The summed E-state index contributed by atoms with van der Waals surface area (Å²) in [5.41, 5.74) is 0. The predicted molar refractivity (Wildman–Crippen MR) is 37.3 cm³/mol. The second-order valence-corrected chi connectivity index (χ2v) is 2.48. The second-order valence-electron chi connectivity index (χ2n) is 2.48. The first-order valence-corrected chi connectivity index (χ1v) is 3.28. The molecule has 10 heavy (non-hydrogen) atoms. The van der Waals surface area contributed by atoms with Crippen LogP contribution in [-0.2, 0) is 0 Å². The van der Waals surface area contributed by atoms with Crippen molar-refractivity contribution in [2.45, 2.75) is 24.7 Å². The lowest BCUT2D eigenvalue weighted by Gasteiger charge is -2.11. The second kappa shape index (κ2) is 3.02. The van der Waals surface area contributed by atoms with Crippen molar-refractivity contribution in [2.24, 2.45) is 0 Å². The van der Waals surface area contributed by atoms with Crippen LogP contribution in [0.3, 0.4) is 0 Å². The van der Waals surface area contributed by atoms with Gasteiger partial charge in [-0.05, 0) is 0 Å². The topological polar surface area (TPSA) is 52.5 Å². The van der Waals surface area contributed by atoms with E-state index in [1.54, 1.807) is 0 Å². The fourth-order valence-corrected chi connectivity index (χ4v) is 1.10. The van der Waals surface area contributed by atoms with Gasteiger partial charge >= 0.3 is 0 Å². The third-order valence-corrected chi connectivity index (χ3v) is 1.73. The van der Waals surface area contributed by atoms with E-state index in [1.807, 2.05) is 0 Å². The fourth-order valence-electron chi connectivity index (χ4n) is 1.10. The Labute approximate surface area is 60.1 Å². The highest BCUT2D eigenvalue weighted by Gasteiger charge is 2.31. The van der Waals surface area contributed by atoms with Crippen LogP contribution < -0.4 is 5.32 Å². The molecule has 3 heteroatoms. The Bertz CT molecular complexity index is 152. The Morgan fingerprint density at radius 2 is 2.30 bits per heavy atom. The van der Waals surface area contributed by atoms with Crippen molar-refractivity contribution >= 4 is 0 Å². The summed E-state index contributed by atoms with van der Waals surface area (Å²) in [6, 6.07) is -0.125. The van der Waals surface area contributed by atoms with Crippen LogP contribution in [-0.4, -0.2) is 35.0 Å². The van der Waals surface area contributed by atoms with E-state index < -0.39 is 12.2 Å². The molecule has 0 bridgehead atoms. The summed E-state index contributed by atoms with van der Waals surface area (Å²) in [7, 11) is 0. The minimum absolute atomic E-state index is 0.125. The van der Waals surface area contributed by atoms with Crippen molar-refractivity contribution in [1.82, 2.24) is 5.32 Å². The summed E-state index contributed by atoms with van der Waals surface area (Å²) in [5, 5.41) is 21.1. The molecule has 0 aliphatic carbocycles. The Hall–Kier alpha value is -0.560. The van der Waals surface area contributed by atoms with Gasteiger partial charge < -0.3 is 15.5 Å². The van der Waals surface area contributed by atoms with Crippen molar-refractivity contribution in [1.29, 1.82) is 0 Å². The molecule has 1 fully saturated rings. The third kappa shape index (κ3) is 1.29. The number of β-amino-alcohol motifs (C(OH)–C–C–N with tert-alkyl or cyclic N) is 1. The van der Waals surface area contributed by atoms with Gasteiger partial charge in [-0.2, -0.15) is 0 Å². The standard InChI is InChI=1S/C7H11NO2/c1-2-3-5-7(10)6(9)4-8-5/h1,5-10H,3-4H2/t5-,6+,7-/m0/s1. The van der Waals surface area contributed by atoms with E-state index in [9.17, 15) is 5.11 Å². The number of hydrogen-bond donors (Lipinski definition) is 3. The quantitative estimate of drug-likeness (QED) is 0.398. The Balaban J connectivity index is 2.43. The Morgan fingerprint density at radius 3 is 2.70 bits per heavy atom. The SMILES string of the molecule is C#CC[C@@H]1NC[C@@H](O)[C@H]1O. The molecule has 0 aromatic carbocycles. The number of terminal acetylenes is 1. The maximum atomic E-state index is 9.18. The van der Waals surface area contributed by atoms with Gasteiger partial charge in [0.1, 0.15) is 0 Å². The van der Waals surface area contributed by atoms with Crippen LogP contribution in [0.25, 0.3) is 0 Å². The molecule has 0 radical (unpaired) electrons. The zero-order chi connectivity index (χ0) is 7.56. The van der Waals surface area contributed by atoms with Gasteiger partial charge in [-0.15, -0.1) is 12.3 Å². The van der Waals surface area contributed by atoms with Crippen molar-refractivity contribution in [3.05, 3.63) is 0 Å². The van der Waals surface area contributed by atoms with Gasteiger partial charge in [-0.25, -0.2) is 0 Å². The summed E-state index contributed by atoms with van der Waals surface area (Å²) in [6.45, 7) is 0.438. The lowest BCUT2D eigenvalue weighted by Crippen LogP contribution is -2.32. The number of aliphatic hydroxyl groups is 2. The molecule has 0 amide bonds. The monoisotopic (exact) mass is 141 g/mol. The van der Waals surface area contributed by atoms with Gasteiger partial charge in [-0.1, -0.05) is 0 Å². The van der Waals surface area contributed by atoms with E-state index in [2.05, 4.69) is 11.2 Å². The summed E-state index contributed by atoms with van der Waals surface area (Å²) in [5.74, 6) is 2.43. The zero-order valence-electron chi connectivity index (χ0n) is 5.62. The fraction of sp³-hybridized carbons (Fsp3) is 0.714. The molecule has 1 aliphatic rings. The Morgan fingerprint density at radius 1 is 1.60 bits per heavy atom. The first-order chi connectivity index (χ1) is 4.75. The first-order valence-electron chi connectivity index (χ1n) is 3.28. The summed E-state index contributed by atoms with van der Waals surface area (Å²) < 4.78 is 0. The van der Waals surface area contributed by atoms with Gasteiger partial charge in [-0.3, -0.25) is 0 Å². The summed E-state index contributed by atoms with van der Waals surface area (Å²) >= 11 is 0. The molecule has 0 aromatic heterocycles. The van der Waals surface area contributed by atoms with Gasteiger partial charge in [0.2, 0.25) is 0 Å². The summed E-state index contributed by atoms with van der Waals surface area (Å²) in [4.78, 5) is 0. The molecule has 1 aliphatic heterocycles. The van der Waals surface area contributed by atoms with Crippen LogP contribution in [0.5, 0.6) is 0 Å². The number of aliphatic hydroxyl groups excluding tert-OH is 2. The molecule has 0 unspecified atom stereocenters. The number of rotatable bonds is 1. The van der Waals surface area contributed by atoms with Gasteiger partial charge in [0.25, 0.3) is 0 Å². The molecule has 1 saturated heterocycles. The van der Waals surface area contributed by atoms with Crippen LogP contribution in [0.1, 0.15) is 6.42 Å². The molecule has 0 aromatic rings. The molecule has 0 spiro atoms. The molecule has 1 heterocycles. The lowest BCUT2D eigenvalue weighted by atomic mass is 10.1. The van der Waals surface area contributed by atoms with Gasteiger partial charge in [0.15, 0.2) is 0 Å². The molecule has 3 atom stereocenters.